The summed E-state index contributed by atoms with van der Waals surface area (Å²) in [6, 6.07) is 4.84. The minimum Gasteiger partial charge on any atom is -0.507 e. The van der Waals surface area contributed by atoms with Gasteiger partial charge in [-0.05, 0) is 88.6 Å². The predicted octanol–water partition coefficient (Wildman–Crippen LogP) is 4.51. The summed E-state index contributed by atoms with van der Waals surface area (Å²) in [4.78, 5) is 17.8. The van der Waals surface area contributed by atoms with Gasteiger partial charge in [0.1, 0.15) is 11.3 Å². The number of nitrogens with zero attached hydrogens (tertiary/aromatic N) is 2. The van der Waals surface area contributed by atoms with Crippen molar-refractivity contribution < 1.29 is 9.52 Å². The molecule has 5 heteroatoms. The average molecular weight is 435 g/mol. The van der Waals surface area contributed by atoms with Crippen LogP contribution in [0.25, 0.3) is 11.0 Å². The number of aromatic hydroxyl groups is 1. The van der Waals surface area contributed by atoms with Crippen LogP contribution in [0.1, 0.15) is 55.2 Å². The SMILES string of the molecule is Cc1c(C)c2ccc(O)c(CN3CCCC4=C[C@H]5C[C@@H](CN6CCCC[C@H]56)[C@@H]43)c2oc1=O. The van der Waals surface area contributed by atoms with Crippen molar-refractivity contribution in [2.45, 2.75) is 71.0 Å². The van der Waals surface area contributed by atoms with Gasteiger partial charge in [-0.3, -0.25) is 9.80 Å². The molecule has 0 amide bonds. The lowest BCUT2D eigenvalue weighted by Crippen LogP contribution is -2.59. The molecule has 5 nitrogen and oxygen atoms in total. The van der Waals surface area contributed by atoms with Crippen molar-refractivity contribution in [3.8, 4) is 5.75 Å². The fourth-order valence-electron chi connectivity index (χ4n) is 7.17. The number of rotatable bonds is 2. The van der Waals surface area contributed by atoms with Crippen molar-refractivity contribution >= 4 is 11.0 Å². The van der Waals surface area contributed by atoms with Crippen LogP contribution in [0, 0.1) is 25.7 Å². The van der Waals surface area contributed by atoms with Crippen LogP contribution in [0.5, 0.6) is 5.75 Å². The van der Waals surface area contributed by atoms with E-state index in [4.69, 9.17) is 4.42 Å². The van der Waals surface area contributed by atoms with Crippen LogP contribution in [0.3, 0.4) is 0 Å². The number of fused-ring (bicyclic) bond motifs is 7. The molecule has 170 valence electrons. The van der Waals surface area contributed by atoms with Crippen molar-refractivity contribution in [2.24, 2.45) is 11.8 Å². The number of phenols is 1. The summed E-state index contributed by atoms with van der Waals surface area (Å²) >= 11 is 0. The van der Waals surface area contributed by atoms with Gasteiger partial charge in [0.2, 0.25) is 0 Å². The third-order valence-corrected chi connectivity index (χ3v) is 8.83. The number of benzene rings is 1. The Morgan fingerprint density at radius 1 is 1.12 bits per heavy atom. The predicted molar refractivity (Wildman–Crippen MR) is 126 cm³/mol. The van der Waals surface area contributed by atoms with Gasteiger partial charge in [-0.15, -0.1) is 0 Å². The van der Waals surface area contributed by atoms with Crippen LogP contribution in [-0.4, -0.2) is 46.6 Å². The van der Waals surface area contributed by atoms with E-state index in [-0.39, 0.29) is 11.4 Å². The summed E-state index contributed by atoms with van der Waals surface area (Å²) in [7, 11) is 0. The Morgan fingerprint density at radius 2 is 2.00 bits per heavy atom. The van der Waals surface area contributed by atoms with Gasteiger partial charge in [0.25, 0.3) is 0 Å². The molecule has 3 aliphatic heterocycles. The minimum atomic E-state index is -0.301. The Bertz CT molecular complexity index is 1150. The molecular weight excluding hydrogens is 400 g/mol. The molecule has 0 saturated carbocycles. The zero-order valence-corrected chi connectivity index (χ0v) is 19.3. The van der Waals surface area contributed by atoms with E-state index in [0.29, 0.717) is 29.7 Å². The van der Waals surface area contributed by atoms with Crippen LogP contribution >= 0.6 is 0 Å². The maximum atomic E-state index is 12.4. The second kappa shape index (κ2) is 7.74. The summed E-state index contributed by atoms with van der Waals surface area (Å²) in [6.45, 7) is 7.88. The van der Waals surface area contributed by atoms with E-state index in [9.17, 15) is 9.90 Å². The molecule has 4 atom stereocenters. The lowest BCUT2D eigenvalue weighted by molar-refractivity contribution is -0.00274. The van der Waals surface area contributed by atoms with Gasteiger partial charge in [0, 0.05) is 36.1 Å². The summed E-state index contributed by atoms with van der Waals surface area (Å²) in [6.07, 6.45) is 10.4. The number of hydrogen-bond donors (Lipinski definition) is 1. The highest BCUT2D eigenvalue weighted by Gasteiger charge is 2.46. The Morgan fingerprint density at radius 3 is 2.88 bits per heavy atom. The molecule has 0 radical (unpaired) electrons. The third-order valence-electron chi connectivity index (χ3n) is 8.83. The topological polar surface area (TPSA) is 56.9 Å². The molecular formula is C27H34N2O3. The molecule has 2 aromatic rings. The monoisotopic (exact) mass is 434 g/mol. The van der Waals surface area contributed by atoms with Gasteiger partial charge in [0.15, 0.2) is 0 Å². The number of phenolic OH excluding ortho intramolecular Hbond substituents is 1. The second-order valence-corrected chi connectivity index (χ2v) is 10.6. The van der Waals surface area contributed by atoms with Gasteiger partial charge < -0.3 is 9.52 Å². The van der Waals surface area contributed by atoms with Gasteiger partial charge >= 0.3 is 5.63 Å². The van der Waals surface area contributed by atoms with Crippen LogP contribution in [0.15, 0.2) is 33.0 Å². The van der Waals surface area contributed by atoms with E-state index in [0.717, 1.165) is 41.4 Å². The van der Waals surface area contributed by atoms with Gasteiger partial charge in [-0.2, -0.15) is 0 Å². The fraction of sp³-hybridized carbons (Fsp3) is 0.593. The summed E-state index contributed by atoms with van der Waals surface area (Å²) < 4.78 is 5.75. The Kier molecular flexibility index (Phi) is 4.96. The molecule has 0 unspecified atom stereocenters. The number of hydrogen-bond acceptors (Lipinski definition) is 5. The first-order valence-electron chi connectivity index (χ1n) is 12.4. The number of aryl methyl sites for hydroxylation is 1. The lowest BCUT2D eigenvalue weighted by Gasteiger charge is -2.54. The first-order chi connectivity index (χ1) is 15.5. The van der Waals surface area contributed by atoms with E-state index < -0.39 is 0 Å². The Hall–Kier alpha value is -2.11. The van der Waals surface area contributed by atoms with E-state index in [1.54, 1.807) is 11.6 Å². The van der Waals surface area contributed by atoms with Crippen molar-refractivity contribution in [3.63, 3.8) is 0 Å². The smallest absolute Gasteiger partial charge is 0.339 e. The second-order valence-electron chi connectivity index (χ2n) is 10.6. The first-order valence-corrected chi connectivity index (χ1v) is 12.4. The van der Waals surface area contributed by atoms with E-state index in [2.05, 4.69) is 15.9 Å². The number of likely N-dealkylation sites (tertiary alicyclic amines) is 1. The highest BCUT2D eigenvalue weighted by Crippen LogP contribution is 2.45. The Labute approximate surface area is 189 Å². The van der Waals surface area contributed by atoms with Crippen molar-refractivity contribution in [1.29, 1.82) is 0 Å². The fourth-order valence-corrected chi connectivity index (χ4v) is 7.17. The molecule has 6 rings (SSSR count). The molecule has 1 aromatic carbocycles. The zero-order valence-electron chi connectivity index (χ0n) is 19.3. The molecule has 4 aliphatic rings. The highest BCUT2D eigenvalue weighted by atomic mass is 16.4. The van der Waals surface area contributed by atoms with Gasteiger partial charge in [-0.25, -0.2) is 4.79 Å². The van der Waals surface area contributed by atoms with Crippen molar-refractivity contribution in [1.82, 2.24) is 9.80 Å². The number of piperidine rings is 3. The van der Waals surface area contributed by atoms with Gasteiger partial charge in [-0.1, -0.05) is 18.1 Å². The van der Waals surface area contributed by atoms with E-state index in [1.165, 1.54) is 45.2 Å². The Balaban J connectivity index is 1.38. The first kappa shape index (κ1) is 20.5. The molecule has 4 heterocycles. The maximum Gasteiger partial charge on any atom is 0.339 e. The van der Waals surface area contributed by atoms with Crippen LogP contribution in [0.2, 0.25) is 0 Å². The molecule has 1 aliphatic carbocycles. The van der Waals surface area contributed by atoms with Crippen LogP contribution in [-0.2, 0) is 6.54 Å². The summed E-state index contributed by atoms with van der Waals surface area (Å²) in [5.74, 6) is 1.60. The van der Waals surface area contributed by atoms with Gasteiger partial charge in [0.05, 0.1) is 5.56 Å². The van der Waals surface area contributed by atoms with E-state index in [1.807, 2.05) is 19.9 Å². The van der Waals surface area contributed by atoms with Crippen LogP contribution < -0.4 is 5.63 Å². The molecule has 32 heavy (non-hydrogen) atoms. The zero-order chi connectivity index (χ0) is 22.0. The molecule has 1 aromatic heterocycles. The molecule has 3 fully saturated rings. The summed E-state index contributed by atoms with van der Waals surface area (Å²) in [5.41, 5.74) is 4.23. The van der Waals surface area contributed by atoms with E-state index >= 15 is 0 Å². The standard InChI is InChI=1S/C27H34N2O3/c1-16-17(2)27(31)32-26-21(16)8-9-24(30)22(26)15-29-11-5-6-18-12-19-13-20(25(18)29)14-28-10-4-3-7-23(19)28/h8-9,12,19-20,23,25,30H,3-7,10-11,13-15H2,1-2H3/t19-,20-,23+,25+/m0/s1. The normalized spacial score (nSPS) is 30.6. The quantitative estimate of drug-likeness (QED) is 0.557. The maximum absolute atomic E-state index is 12.4. The van der Waals surface area contributed by atoms with Crippen molar-refractivity contribution in [3.05, 3.63) is 50.9 Å². The minimum absolute atomic E-state index is 0.230. The highest BCUT2D eigenvalue weighted by molar-refractivity contribution is 5.85. The third kappa shape index (κ3) is 3.16. The molecule has 3 saturated heterocycles. The van der Waals surface area contributed by atoms with Crippen LogP contribution in [0.4, 0.5) is 0 Å². The molecule has 0 spiro atoms. The lowest BCUT2D eigenvalue weighted by atomic mass is 9.68. The molecule has 2 bridgehead atoms. The largest absolute Gasteiger partial charge is 0.507 e. The average Bonchev–Trinajstić information content (AvgIpc) is 2.79. The van der Waals surface area contributed by atoms with Crippen molar-refractivity contribution in [2.75, 3.05) is 19.6 Å². The molecule has 1 N–H and O–H groups in total. The summed E-state index contributed by atoms with van der Waals surface area (Å²) in [5, 5.41) is 11.7.